The molecule has 5 nitrogen and oxygen atoms in total. The van der Waals surface area contributed by atoms with Crippen LogP contribution < -0.4 is 10.1 Å². The third-order valence-corrected chi connectivity index (χ3v) is 4.26. The number of carbonyl (C=O) groups excluding carboxylic acids is 2. The third-order valence-electron chi connectivity index (χ3n) is 4.26. The maximum absolute atomic E-state index is 12.2. The second kappa shape index (κ2) is 10.7. The summed E-state index contributed by atoms with van der Waals surface area (Å²) in [7, 11) is 0. The van der Waals surface area contributed by atoms with Crippen molar-refractivity contribution in [2.24, 2.45) is 0 Å². The molecule has 148 valence electrons. The first-order valence-electron chi connectivity index (χ1n) is 9.45. The smallest absolute Gasteiger partial charge is 0.344 e. The van der Waals surface area contributed by atoms with Gasteiger partial charge in [0.25, 0.3) is 5.91 Å². The zero-order chi connectivity index (χ0) is 20.3. The van der Waals surface area contributed by atoms with E-state index in [-0.39, 0.29) is 19.1 Å². The van der Waals surface area contributed by atoms with Crippen LogP contribution in [-0.2, 0) is 22.6 Å². The van der Waals surface area contributed by atoms with Crippen molar-refractivity contribution in [3.8, 4) is 5.75 Å². The topological polar surface area (TPSA) is 64.6 Å². The Morgan fingerprint density at radius 1 is 0.759 bits per heavy atom. The van der Waals surface area contributed by atoms with Gasteiger partial charge >= 0.3 is 5.97 Å². The lowest BCUT2D eigenvalue weighted by atomic mass is 10.1. The van der Waals surface area contributed by atoms with E-state index in [2.05, 4.69) is 5.32 Å². The van der Waals surface area contributed by atoms with Gasteiger partial charge in [0.1, 0.15) is 12.4 Å². The maximum atomic E-state index is 12.2. The van der Waals surface area contributed by atoms with E-state index in [9.17, 15) is 9.59 Å². The van der Waals surface area contributed by atoms with Crippen molar-refractivity contribution >= 4 is 11.9 Å². The quantitative estimate of drug-likeness (QED) is 0.566. The van der Waals surface area contributed by atoms with E-state index in [1.54, 1.807) is 24.3 Å². The van der Waals surface area contributed by atoms with Gasteiger partial charge < -0.3 is 14.8 Å². The van der Waals surface area contributed by atoms with Crippen molar-refractivity contribution in [3.63, 3.8) is 0 Å². The fourth-order valence-corrected chi connectivity index (χ4v) is 2.69. The molecular formula is C24H23NO4. The van der Waals surface area contributed by atoms with Crippen LogP contribution in [-0.4, -0.2) is 25.0 Å². The molecule has 0 spiro atoms. The molecule has 0 unspecified atom stereocenters. The van der Waals surface area contributed by atoms with E-state index in [1.807, 2.05) is 60.7 Å². The molecule has 1 N–H and O–H groups in total. The maximum Gasteiger partial charge on any atom is 0.344 e. The fraction of sp³-hybridized carbons (Fsp3) is 0.167. The number of carbonyl (C=O) groups is 2. The van der Waals surface area contributed by atoms with Gasteiger partial charge in [0.15, 0.2) is 6.61 Å². The van der Waals surface area contributed by atoms with Gasteiger partial charge in [-0.2, -0.15) is 0 Å². The summed E-state index contributed by atoms with van der Waals surface area (Å²) in [5.74, 6) is -0.0890. The zero-order valence-electron chi connectivity index (χ0n) is 16.0. The molecule has 5 heteroatoms. The molecule has 0 bridgehead atoms. The molecule has 3 rings (SSSR count). The van der Waals surface area contributed by atoms with Crippen molar-refractivity contribution in [2.45, 2.75) is 13.0 Å². The Morgan fingerprint density at radius 3 is 2.03 bits per heavy atom. The van der Waals surface area contributed by atoms with Crippen molar-refractivity contribution in [1.29, 1.82) is 0 Å². The Labute approximate surface area is 170 Å². The molecule has 0 aliphatic carbocycles. The Hall–Kier alpha value is -3.60. The van der Waals surface area contributed by atoms with Crippen molar-refractivity contribution in [1.82, 2.24) is 5.32 Å². The third kappa shape index (κ3) is 6.81. The van der Waals surface area contributed by atoms with Crippen LogP contribution in [0.4, 0.5) is 0 Å². The number of rotatable bonds is 9. The largest absolute Gasteiger partial charge is 0.482 e. The second-order valence-corrected chi connectivity index (χ2v) is 6.45. The van der Waals surface area contributed by atoms with Gasteiger partial charge in [-0.05, 0) is 41.8 Å². The van der Waals surface area contributed by atoms with Gasteiger partial charge in [-0.1, -0.05) is 60.7 Å². The second-order valence-electron chi connectivity index (χ2n) is 6.45. The minimum atomic E-state index is -0.448. The normalized spacial score (nSPS) is 10.2. The van der Waals surface area contributed by atoms with E-state index >= 15 is 0 Å². The van der Waals surface area contributed by atoms with Crippen LogP contribution in [0, 0.1) is 0 Å². The summed E-state index contributed by atoms with van der Waals surface area (Å²) in [6.07, 6.45) is 0.777. The highest BCUT2D eigenvalue weighted by Crippen LogP contribution is 2.12. The molecule has 0 heterocycles. The number of ether oxygens (including phenoxy) is 2. The van der Waals surface area contributed by atoms with Gasteiger partial charge in [-0.15, -0.1) is 0 Å². The predicted octanol–water partition coefficient (Wildman–Crippen LogP) is 3.78. The fourth-order valence-electron chi connectivity index (χ4n) is 2.69. The summed E-state index contributed by atoms with van der Waals surface area (Å²) in [4.78, 5) is 24.0. The first kappa shape index (κ1) is 20.1. The van der Waals surface area contributed by atoms with Crippen molar-refractivity contribution in [3.05, 3.63) is 102 Å². The first-order chi connectivity index (χ1) is 14.2. The summed E-state index contributed by atoms with van der Waals surface area (Å²) < 4.78 is 10.6. The summed E-state index contributed by atoms with van der Waals surface area (Å²) in [6.45, 7) is 0.592. The summed E-state index contributed by atoms with van der Waals surface area (Å²) in [5.41, 5.74) is 2.64. The molecule has 0 saturated heterocycles. The van der Waals surface area contributed by atoms with Gasteiger partial charge in [0.05, 0.1) is 0 Å². The number of esters is 1. The van der Waals surface area contributed by atoms with Crippen LogP contribution in [0.3, 0.4) is 0 Å². The molecule has 0 radical (unpaired) electrons. The minimum absolute atomic E-state index is 0.144. The van der Waals surface area contributed by atoms with Crippen molar-refractivity contribution in [2.75, 3.05) is 13.2 Å². The lowest BCUT2D eigenvalue weighted by Gasteiger charge is -2.08. The predicted molar refractivity (Wildman–Crippen MR) is 111 cm³/mol. The van der Waals surface area contributed by atoms with E-state index in [1.165, 1.54) is 5.56 Å². The van der Waals surface area contributed by atoms with Crippen LogP contribution in [0.5, 0.6) is 5.75 Å². The molecule has 1 amide bonds. The summed E-state index contributed by atoms with van der Waals surface area (Å²) >= 11 is 0. The number of amides is 1. The van der Waals surface area contributed by atoms with Crippen LogP contribution in [0.25, 0.3) is 0 Å². The summed E-state index contributed by atoms with van der Waals surface area (Å²) in [6, 6.07) is 26.1. The Bertz CT molecular complexity index is 909. The van der Waals surface area contributed by atoms with E-state index in [0.717, 1.165) is 12.0 Å². The molecule has 0 aliphatic heterocycles. The van der Waals surface area contributed by atoms with Crippen LogP contribution in [0.15, 0.2) is 84.9 Å². The molecule has 0 aromatic heterocycles. The summed E-state index contributed by atoms with van der Waals surface area (Å²) in [5, 5.41) is 2.90. The number of nitrogens with one attached hydrogen (secondary N) is 1. The van der Waals surface area contributed by atoms with Crippen LogP contribution in [0.2, 0.25) is 0 Å². The van der Waals surface area contributed by atoms with Crippen LogP contribution >= 0.6 is 0 Å². The highest BCUT2D eigenvalue weighted by atomic mass is 16.6. The molecule has 0 saturated carbocycles. The number of benzene rings is 3. The van der Waals surface area contributed by atoms with E-state index < -0.39 is 5.97 Å². The van der Waals surface area contributed by atoms with Gasteiger partial charge in [-0.25, -0.2) is 4.79 Å². The lowest BCUT2D eigenvalue weighted by Crippen LogP contribution is -2.25. The molecular weight excluding hydrogens is 366 g/mol. The Kier molecular flexibility index (Phi) is 7.41. The highest BCUT2D eigenvalue weighted by Gasteiger charge is 2.08. The molecule has 29 heavy (non-hydrogen) atoms. The minimum Gasteiger partial charge on any atom is -0.482 e. The van der Waals surface area contributed by atoms with E-state index in [0.29, 0.717) is 17.9 Å². The molecule has 3 aromatic carbocycles. The standard InChI is InChI=1S/C24H23NO4/c26-23(29-17-20-9-5-2-6-10-20)18-28-22-13-11-21(12-14-22)24(27)25-16-15-19-7-3-1-4-8-19/h1-14H,15-18H2,(H,25,27). The molecule has 0 aliphatic rings. The van der Waals surface area contributed by atoms with Gasteiger partial charge in [0, 0.05) is 12.1 Å². The highest BCUT2D eigenvalue weighted by molar-refractivity contribution is 5.94. The average Bonchev–Trinajstić information content (AvgIpc) is 2.78. The first-order valence-corrected chi connectivity index (χ1v) is 9.45. The van der Waals surface area contributed by atoms with Crippen molar-refractivity contribution < 1.29 is 19.1 Å². The van der Waals surface area contributed by atoms with E-state index in [4.69, 9.17) is 9.47 Å². The average molecular weight is 389 g/mol. The van der Waals surface area contributed by atoms with Gasteiger partial charge in [0.2, 0.25) is 0 Å². The molecule has 0 fully saturated rings. The monoisotopic (exact) mass is 389 g/mol. The van der Waals surface area contributed by atoms with Crippen LogP contribution in [0.1, 0.15) is 21.5 Å². The lowest BCUT2D eigenvalue weighted by molar-refractivity contribution is -0.147. The number of hydrogen-bond acceptors (Lipinski definition) is 4. The molecule has 3 aromatic rings. The van der Waals surface area contributed by atoms with Gasteiger partial charge in [-0.3, -0.25) is 4.79 Å². The zero-order valence-corrected chi connectivity index (χ0v) is 16.0. The number of hydrogen-bond donors (Lipinski definition) is 1. The SMILES string of the molecule is O=C(COc1ccc(C(=O)NCCc2ccccc2)cc1)OCc1ccccc1. The Morgan fingerprint density at radius 2 is 1.38 bits per heavy atom. The Balaban J connectivity index is 1.38. The molecule has 0 atom stereocenters.